The molecule has 12 nitrogen and oxygen atoms in total. The third-order valence-electron chi connectivity index (χ3n) is 4.52. The number of ether oxygens (including phenoxy) is 2. The van der Waals surface area contributed by atoms with E-state index in [9.17, 15) is 26.4 Å². The van der Waals surface area contributed by atoms with Crippen molar-refractivity contribution in [3.05, 3.63) is 54.2 Å². The first-order chi connectivity index (χ1) is 17.4. The lowest BCUT2D eigenvalue weighted by Crippen LogP contribution is -2.23. The average molecular weight is 569 g/mol. The maximum atomic E-state index is 12.5. The quantitative estimate of drug-likeness (QED) is 0.294. The Morgan fingerprint density at radius 1 is 0.892 bits per heavy atom. The van der Waals surface area contributed by atoms with Gasteiger partial charge in [0.05, 0.1) is 31.3 Å². The van der Waals surface area contributed by atoms with Crippen LogP contribution in [0, 0.1) is 0 Å². The number of rotatable bonds is 11. The van der Waals surface area contributed by atoms with Gasteiger partial charge in [0.1, 0.15) is 10.6 Å². The molecule has 1 heterocycles. The lowest BCUT2D eigenvalue weighted by molar-refractivity contribution is -0.123. The van der Waals surface area contributed by atoms with Crippen LogP contribution in [-0.4, -0.2) is 53.3 Å². The number of nitrogens with zero attached hydrogens (tertiary/aromatic N) is 1. The maximum absolute atomic E-state index is 12.5. The van der Waals surface area contributed by atoms with Crippen LogP contribution in [0.4, 0.5) is 10.8 Å². The standard InChI is InChI=1S/C22H24N4O8S3/c1-33-17-10-6-7-11-18(17)34-16-9-5-4-8-14(16)24-19(27)12-20(28)26-22-25-15(13-23-37(3,31)32)21(35-22)36(2,29)30/h4-11,23H,12-13H2,1-3H3,(H,24,27)(H,25,26,28). The van der Waals surface area contributed by atoms with E-state index in [0.29, 0.717) is 34.3 Å². The Morgan fingerprint density at radius 3 is 2.11 bits per heavy atom. The number of methoxy groups -OCH3 is 1. The van der Waals surface area contributed by atoms with Gasteiger partial charge in [-0.2, -0.15) is 0 Å². The average Bonchev–Trinajstić information content (AvgIpc) is 3.22. The van der Waals surface area contributed by atoms with E-state index in [4.69, 9.17) is 9.47 Å². The predicted molar refractivity (Wildman–Crippen MR) is 138 cm³/mol. The number of thiazole rings is 1. The van der Waals surface area contributed by atoms with E-state index >= 15 is 0 Å². The molecule has 0 radical (unpaired) electrons. The molecule has 3 rings (SSSR count). The van der Waals surface area contributed by atoms with E-state index in [0.717, 1.165) is 12.5 Å². The topological polar surface area (TPSA) is 170 Å². The molecule has 0 aliphatic rings. The minimum atomic E-state index is -3.75. The van der Waals surface area contributed by atoms with Gasteiger partial charge in [-0.05, 0) is 24.3 Å². The molecule has 37 heavy (non-hydrogen) atoms. The predicted octanol–water partition coefficient (Wildman–Crippen LogP) is 2.36. The van der Waals surface area contributed by atoms with Crippen molar-refractivity contribution in [2.24, 2.45) is 0 Å². The first-order valence-electron chi connectivity index (χ1n) is 10.5. The van der Waals surface area contributed by atoms with E-state index in [1.165, 1.54) is 7.11 Å². The van der Waals surface area contributed by atoms with Crippen molar-refractivity contribution in [3.63, 3.8) is 0 Å². The Balaban J connectivity index is 1.68. The number of carbonyl (C=O) groups is 2. The number of hydrogen-bond acceptors (Lipinski definition) is 10. The lowest BCUT2D eigenvalue weighted by Gasteiger charge is -2.14. The number of sulfonamides is 1. The second-order valence-electron chi connectivity index (χ2n) is 7.64. The van der Waals surface area contributed by atoms with Crippen molar-refractivity contribution in [3.8, 4) is 17.2 Å². The summed E-state index contributed by atoms with van der Waals surface area (Å²) in [7, 11) is -5.86. The summed E-state index contributed by atoms with van der Waals surface area (Å²) < 4.78 is 59.9. The number of nitrogens with one attached hydrogen (secondary N) is 3. The highest BCUT2D eigenvalue weighted by molar-refractivity contribution is 7.93. The first-order valence-corrected chi connectivity index (χ1v) is 15.1. The highest BCUT2D eigenvalue weighted by Gasteiger charge is 2.22. The number of para-hydroxylation sites is 4. The van der Waals surface area contributed by atoms with Gasteiger partial charge in [-0.25, -0.2) is 26.5 Å². The van der Waals surface area contributed by atoms with Crippen LogP contribution in [0.25, 0.3) is 0 Å². The van der Waals surface area contributed by atoms with Crippen LogP contribution in [0.1, 0.15) is 12.1 Å². The molecule has 0 unspecified atom stereocenters. The van der Waals surface area contributed by atoms with Crippen LogP contribution in [0.15, 0.2) is 52.7 Å². The zero-order valence-corrected chi connectivity index (χ0v) is 22.4. The summed E-state index contributed by atoms with van der Waals surface area (Å²) in [5.74, 6) is -0.173. The fraction of sp³-hybridized carbons (Fsp3) is 0.227. The van der Waals surface area contributed by atoms with Gasteiger partial charge >= 0.3 is 0 Å². The first kappa shape index (κ1) is 28.0. The summed E-state index contributed by atoms with van der Waals surface area (Å²) in [5, 5.41) is 4.89. The second kappa shape index (κ2) is 11.7. The van der Waals surface area contributed by atoms with Gasteiger partial charge < -0.3 is 20.1 Å². The molecule has 3 aromatic rings. The van der Waals surface area contributed by atoms with E-state index in [-0.39, 0.29) is 21.6 Å². The summed E-state index contributed by atoms with van der Waals surface area (Å²) in [4.78, 5) is 29.0. The molecule has 0 spiro atoms. The van der Waals surface area contributed by atoms with Crippen molar-refractivity contribution in [1.82, 2.24) is 9.71 Å². The lowest BCUT2D eigenvalue weighted by atomic mass is 10.2. The Hall–Kier alpha value is -3.53. The molecule has 0 bridgehead atoms. The molecule has 0 atom stereocenters. The largest absolute Gasteiger partial charge is 0.493 e. The Bertz CT molecular complexity index is 1520. The molecule has 2 amide bonds. The smallest absolute Gasteiger partial charge is 0.235 e. The molecule has 15 heteroatoms. The normalized spacial score (nSPS) is 11.5. The zero-order chi connectivity index (χ0) is 27.2. The molecule has 0 fully saturated rings. The molecule has 2 aromatic carbocycles. The summed E-state index contributed by atoms with van der Waals surface area (Å²) in [6, 6.07) is 13.6. The third kappa shape index (κ3) is 8.24. The third-order valence-corrected chi connectivity index (χ3v) is 8.06. The molecule has 0 aliphatic carbocycles. The maximum Gasteiger partial charge on any atom is 0.235 e. The number of sulfone groups is 1. The molecule has 0 saturated heterocycles. The Labute approximate surface area is 218 Å². The van der Waals surface area contributed by atoms with Gasteiger partial charge in [-0.3, -0.25) is 9.59 Å². The number of amides is 2. The van der Waals surface area contributed by atoms with Crippen molar-refractivity contribution in [2.45, 2.75) is 17.2 Å². The number of benzene rings is 2. The van der Waals surface area contributed by atoms with E-state index in [1.807, 2.05) is 0 Å². The summed E-state index contributed by atoms with van der Waals surface area (Å²) >= 11 is 0.654. The van der Waals surface area contributed by atoms with Crippen LogP contribution in [0.2, 0.25) is 0 Å². The number of hydrogen-bond donors (Lipinski definition) is 3. The Kier molecular flexibility index (Phi) is 8.85. The Morgan fingerprint density at radius 2 is 1.49 bits per heavy atom. The van der Waals surface area contributed by atoms with Crippen molar-refractivity contribution in [1.29, 1.82) is 0 Å². The monoisotopic (exact) mass is 568 g/mol. The minimum Gasteiger partial charge on any atom is -0.493 e. The number of anilines is 2. The number of carbonyl (C=O) groups excluding carboxylic acids is 2. The van der Waals surface area contributed by atoms with E-state index in [2.05, 4.69) is 20.3 Å². The van der Waals surface area contributed by atoms with Gasteiger partial charge in [-0.1, -0.05) is 35.6 Å². The second-order valence-corrected chi connectivity index (χ2v) is 12.7. The van der Waals surface area contributed by atoms with Crippen molar-refractivity contribution in [2.75, 3.05) is 30.3 Å². The fourth-order valence-corrected chi connectivity index (χ4v) is 5.50. The van der Waals surface area contributed by atoms with E-state index < -0.39 is 38.1 Å². The van der Waals surface area contributed by atoms with E-state index in [1.54, 1.807) is 48.5 Å². The molecule has 198 valence electrons. The molecule has 0 saturated carbocycles. The van der Waals surface area contributed by atoms with Crippen LogP contribution >= 0.6 is 11.3 Å². The van der Waals surface area contributed by atoms with Crippen LogP contribution in [0.5, 0.6) is 17.2 Å². The van der Waals surface area contributed by atoms with Crippen LogP contribution in [0.3, 0.4) is 0 Å². The van der Waals surface area contributed by atoms with Gasteiger partial charge in [-0.15, -0.1) is 0 Å². The number of aromatic nitrogens is 1. The highest BCUT2D eigenvalue weighted by Crippen LogP contribution is 2.35. The minimum absolute atomic E-state index is 0.0694. The van der Waals surface area contributed by atoms with Crippen LogP contribution in [-0.2, 0) is 36.0 Å². The van der Waals surface area contributed by atoms with Crippen molar-refractivity contribution >= 4 is 53.8 Å². The molecule has 1 aromatic heterocycles. The molecular weight excluding hydrogens is 544 g/mol. The van der Waals surface area contributed by atoms with Gasteiger partial charge in [0.25, 0.3) is 0 Å². The summed E-state index contributed by atoms with van der Waals surface area (Å²) in [6.07, 6.45) is 1.25. The fourth-order valence-electron chi connectivity index (χ4n) is 2.98. The van der Waals surface area contributed by atoms with Gasteiger partial charge in [0.2, 0.25) is 21.8 Å². The summed E-state index contributed by atoms with van der Waals surface area (Å²) in [6.45, 7) is -0.378. The highest BCUT2D eigenvalue weighted by atomic mass is 32.2. The van der Waals surface area contributed by atoms with Gasteiger partial charge in [0.15, 0.2) is 32.2 Å². The van der Waals surface area contributed by atoms with Gasteiger partial charge in [0, 0.05) is 6.26 Å². The summed E-state index contributed by atoms with van der Waals surface area (Å²) in [5.41, 5.74) is 0.244. The zero-order valence-electron chi connectivity index (χ0n) is 20.0. The molecule has 0 aliphatic heterocycles. The molecule has 3 N–H and O–H groups in total. The van der Waals surface area contributed by atoms with Crippen molar-refractivity contribution < 1.29 is 35.9 Å². The SMILES string of the molecule is COc1ccccc1Oc1ccccc1NC(=O)CC(=O)Nc1nc(CNS(C)(=O)=O)c(S(C)(=O)=O)s1. The van der Waals surface area contributed by atoms with Crippen LogP contribution < -0.4 is 24.8 Å². The molecular formula is C22H24N4O8S3.